The quantitative estimate of drug-likeness (QED) is 0.751. The zero-order valence-corrected chi connectivity index (χ0v) is 11.3. The number of rotatable bonds is 8. The van der Waals surface area contributed by atoms with Gasteiger partial charge in [0.05, 0.1) is 6.61 Å². The molecule has 0 radical (unpaired) electrons. The van der Waals surface area contributed by atoms with Crippen LogP contribution in [0, 0.1) is 0 Å². The van der Waals surface area contributed by atoms with E-state index in [4.69, 9.17) is 4.74 Å². The van der Waals surface area contributed by atoms with Gasteiger partial charge < -0.3 is 10.1 Å². The van der Waals surface area contributed by atoms with Crippen LogP contribution in [0.15, 0.2) is 17.5 Å². The molecule has 1 heterocycles. The van der Waals surface area contributed by atoms with Gasteiger partial charge in [-0.25, -0.2) is 0 Å². The summed E-state index contributed by atoms with van der Waals surface area (Å²) in [5, 5.41) is 5.79. The summed E-state index contributed by atoms with van der Waals surface area (Å²) in [5.41, 5.74) is 0. The molecule has 2 nitrogen and oxygen atoms in total. The van der Waals surface area contributed by atoms with Crippen LogP contribution in [-0.4, -0.2) is 19.3 Å². The summed E-state index contributed by atoms with van der Waals surface area (Å²) in [6.45, 7) is 8.04. The predicted octanol–water partition coefficient (Wildman–Crippen LogP) is 3.60. The van der Waals surface area contributed by atoms with Crippen molar-refractivity contribution in [2.75, 3.05) is 13.2 Å². The highest BCUT2D eigenvalue weighted by Gasteiger charge is 2.14. The largest absolute Gasteiger partial charge is 0.380 e. The van der Waals surface area contributed by atoms with Crippen molar-refractivity contribution in [2.24, 2.45) is 0 Å². The van der Waals surface area contributed by atoms with Crippen molar-refractivity contribution in [1.82, 2.24) is 5.32 Å². The van der Waals surface area contributed by atoms with Crippen LogP contribution in [0.5, 0.6) is 0 Å². The summed E-state index contributed by atoms with van der Waals surface area (Å²) in [6, 6.07) is 5.24. The molecule has 1 rings (SSSR count). The lowest BCUT2D eigenvalue weighted by Crippen LogP contribution is -2.33. The van der Waals surface area contributed by atoms with E-state index in [1.165, 1.54) is 17.7 Å². The molecule has 1 N–H and O–H groups in total. The Morgan fingerprint density at radius 2 is 2.25 bits per heavy atom. The zero-order valence-electron chi connectivity index (χ0n) is 10.5. The highest BCUT2D eigenvalue weighted by atomic mass is 32.1. The first-order valence-corrected chi connectivity index (χ1v) is 7.03. The van der Waals surface area contributed by atoms with E-state index in [9.17, 15) is 0 Å². The molecule has 0 saturated heterocycles. The lowest BCUT2D eigenvalue weighted by atomic mass is 10.1. The summed E-state index contributed by atoms with van der Waals surface area (Å²) in [5.74, 6) is 0. The number of ether oxygens (including phenoxy) is 1. The Kier molecular flexibility index (Phi) is 6.69. The second kappa shape index (κ2) is 7.82. The molecule has 0 aromatic carbocycles. The molecule has 2 atom stereocenters. The van der Waals surface area contributed by atoms with E-state index in [-0.39, 0.29) is 0 Å². The third-order valence-corrected chi connectivity index (χ3v) is 3.51. The molecule has 0 fully saturated rings. The topological polar surface area (TPSA) is 21.3 Å². The van der Waals surface area contributed by atoms with E-state index in [0.717, 1.165) is 13.2 Å². The second-order valence-corrected chi connectivity index (χ2v) is 5.06. The van der Waals surface area contributed by atoms with E-state index < -0.39 is 0 Å². The maximum atomic E-state index is 5.43. The average molecular weight is 241 g/mol. The van der Waals surface area contributed by atoms with Crippen LogP contribution in [-0.2, 0) is 4.74 Å². The Morgan fingerprint density at radius 3 is 2.81 bits per heavy atom. The number of nitrogens with one attached hydrogen (secondary N) is 1. The summed E-state index contributed by atoms with van der Waals surface area (Å²) < 4.78 is 5.43. The minimum absolute atomic E-state index is 0.415. The maximum absolute atomic E-state index is 5.43. The minimum Gasteiger partial charge on any atom is -0.380 e. The van der Waals surface area contributed by atoms with Gasteiger partial charge in [-0.15, -0.1) is 11.3 Å². The Morgan fingerprint density at radius 1 is 1.44 bits per heavy atom. The summed E-state index contributed by atoms with van der Waals surface area (Å²) in [4.78, 5) is 1.44. The molecule has 0 amide bonds. The van der Waals surface area contributed by atoms with Gasteiger partial charge in [0.25, 0.3) is 0 Å². The zero-order chi connectivity index (χ0) is 11.8. The average Bonchev–Trinajstić information content (AvgIpc) is 2.79. The van der Waals surface area contributed by atoms with E-state index in [1.54, 1.807) is 0 Å². The van der Waals surface area contributed by atoms with Crippen molar-refractivity contribution in [3.63, 3.8) is 0 Å². The maximum Gasteiger partial charge on any atom is 0.0616 e. The number of hydrogen-bond donors (Lipinski definition) is 1. The molecule has 0 spiro atoms. The van der Waals surface area contributed by atoms with Gasteiger partial charge in [-0.2, -0.15) is 0 Å². The van der Waals surface area contributed by atoms with E-state index in [2.05, 4.69) is 36.7 Å². The van der Waals surface area contributed by atoms with Crippen LogP contribution in [0.2, 0.25) is 0 Å². The molecular weight excluding hydrogens is 218 g/mol. The fraction of sp³-hybridized carbons (Fsp3) is 0.692. The first-order chi connectivity index (χ1) is 7.77. The highest BCUT2D eigenvalue weighted by molar-refractivity contribution is 7.10. The van der Waals surface area contributed by atoms with E-state index in [1.807, 2.05) is 18.3 Å². The first kappa shape index (κ1) is 13.7. The Bertz CT molecular complexity index is 261. The van der Waals surface area contributed by atoms with Crippen LogP contribution in [0.25, 0.3) is 0 Å². The fourth-order valence-electron chi connectivity index (χ4n) is 1.77. The molecule has 1 aromatic heterocycles. The van der Waals surface area contributed by atoms with E-state index in [0.29, 0.717) is 12.1 Å². The van der Waals surface area contributed by atoms with Gasteiger partial charge in [-0.05, 0) is 31.7 Å². The van der Waals surface area contributed by atoms with Crippen molar-refractivity contribution < 1.29 is 4.74 Å². The smallest absolute Gasteiger partial charge is 0.0616 e. The Balaban J connectivity index is 2.45. The van der Waals surface area contributed by atoms with Crippen molar-refractivity contribution >= 4 is 11.3 Å². The Labute approximate surface area is 103 Å². The van der Waals surface area contributed by atoms with Crippen LogP contribution < -0.4 is 5.32 Å². The number of thiophene rings is 1. The third-order valence-electron chi connectivity index (χ3n) is 2.52. The lowest BCUT2D eigenvalue weighted by Gasteiger charge is -2.22. The van der Waals surface area contributed by atoms with Crippen LogP contribution >= 0.6 is 11.3 Å². The SMILES string of the molecule is CCCC(NC(C)COCC)c1cccs1. The second-order valence-electron chi connectivity index (χ2n) is 4.08. The van der Waals surface area contributed by atoms with Crippen molar-refractivity contribution in [3.8, 4) is 0 Å². The molecule has 0 aliphatic carbocycles. The third kappa shape index (κ3) is 4.64. The van der Waals surface area contributed by atoms with Crippen molar-refractivity contribution in [1.29, 1.82) is 0 Å². The van der Waals surface area contributed by atoms with Crippen molar-refractivity contribution in [3.05, 3.63) is 22.4 Å². The molecular formula is C13H23NOS. The summed E-state index contributed by atoms with van der Waals surface area (Å²) in [6.07, 6.45) is 2.40. The molecule has 1 aromatic rings. The predicted molar refractivity (Wildman–Crippen MR) is 71.1 cm³/mol. The van der Waals surface area contributed by atoms with Gasteiger partial charge in [-0.1, -0.05) is 19.4 Å². The van der Waals surface area contributed by atoms with Gasteiger partial charge in [0.2, 0.25) is 0 Å². The van der Waals surface area contributed by atoms with Gasteiger partial charge in [-0.3, -0.25) is 0 Å². The fourth-order valence-corrected chi connectivity index (χ4v) is 2.59. The van der Waals surface area contributed by atoms with Crippen LogP contribution in [0.3, 0.4) is 0 Å². The highest BCUT2D eigenvalue weighted by Crippen LogP contribution is 2.23. The molecule has 0 aliphatic rings. The molecule has 0 bridgehead atoms. The lowest BCUT2D eigenvalue weighted by molar-refractivity contribution is 0.123. The summed E-state index contributed by atoms with van der Waals surface area (Å²) in [7, 11) is 0. The van der Waals surface area contributed by atoms with Gasteiger partial charge >= 0.3 is 0 Å². The van der Waals surface area contributed by atoms with Gasteiger partial charge in [0.1, 0.15) is 0 Å². The first-order valence-electron chi connectivity index (χ1n) is 6.15. The van der Waals surface area contributed by atoms with E-state index >= 15 is 0 Å². The molecule has 0 saturated carbocycles. The number of hydrogen-bond acceptors (Lipinski definition) is 3. The van der Waals surface area contributed by atoms with Crippen LogP contribution in [0.4, 0.5) is 0 Å². The Hall–Kier alpha value is -0.380. The minimum atomic E-state index is 0.415. The van der Waals surface area contributed by atoms with Crippen molar-refractivity contribution in [2.45, 2.75) is 45.7 Å². The molecule has 2 unspecified atom stereocenters. The molecule has 16 heavy (non-hydrogen) atoms. The summed E-state index contributed by atoms with van der Waals surface area (Å²) >= 11 is 1.83. The monoisotopic (exact) mass is 241 g/mol. The van der Waals surface area contributed by atoms with Gasteiger partial charge in [0.15, 0.2) is 0 Å². The van der Waals surface area contributed by atoms with Crippen LogP contribution in [0.1, 0.15) is 44.5 Å². The normalized spacial score (nSPS) is 14.9. The van der Waals surface area contributed by atoms with Gasteiger partial charge in [0, 0.05) is 23.6 Å². The standard InChI is InChI=1S/C13H23NOS/c1-4-7-12(13-8-6-9-16-13)14-11(3)10-15-5-2/h6,8-9,11-12,14H,4-5,7,10H2,1-3H3. The molecule has 3 heteroatoms. The molecule has 0 aliphatic heterocycles. The molecule has 92 valence electrons.